The Morgan fingerprint density at radius 3 is 1.48 bits per heavy atom. The summed E-state index contributed by atoms with van der Waals surface area (Å²) in [5.74, 6) is -1.93. The molecule has 0 aromatic heterocycles. The van der Waals surface area contributed by atoms with Crippen LogP contribution >= 0.6 is 0 Å². The van der Waals surface area contributed by atoms with E-state index in [1.165, 1.54) is 122 Å². The molecule has 3 aliphatic rings. The molecule has 0 aliphatic carbocycles. The smallest absolute Gasteiger partial charge is 0.309 e. The molecule has 13 atom stereocenters. The van der Waals surface area contributed by atoms with Crippen molar-refractivity contribution in [3.8, 4) is 0 Å². The highest BCUT2D eigenvalue weighted by Crippen LogP contribution is 2.40. The molecule has 4 rings (SSSR count). The van der Waals surface area contributed by atoms with E-state index in [1.54, 1.807) is 0 Å². The maximum Gasteiger partial charge on any atom is 0.309 e. The first-order valence-corrected chi connectivity index (χ1v) is 36.2. The number of hydrogen-bond acceptors (Lipinski definition) is 14. The van der Waals surface area contributed by atoms with E-state index >= 15 is 0 Å². The third kappa shape index (κ3) is 31.9. The lowest BCUT2D eigenvalue weighted by molar-refractivity contribution is -0.360. The van der Waals surface area contributed by atoms with Crippen LogP contribution in [0.3, 0.4) is 0 Å². The van der Waals surface area contributed by atoms with E-state index in [9.17, 15) is 14.4 Å². The summed E-state index contributed by atoms with van der Waals surface area (Å²) in [7, 11) is 0. The third-order valence-corrected chi connectivity index (χ3v) is 17.9. The van der Waals surface area contributed by atoms with Crippen LogP contribution in [0.25, 0.3) is 0 Å². The molecule has 0 radical (unpaired) electrons. The van der Waals surface area contributed by atoms with Gasteiger partial charge in [-0.1, -0.05) is 266 Å². The molecule has 3 aliphatic heterocycles. The summed E-state index contributed by atoms with van der Waals surface area (Å²) >= 11 is 0. The van der Waals surface area contributed by atoms with E-state index in [4.69, 9.17) is 52.1 Å². The third-order valence-electron chi connectivity index (χ3n) is 17.9. The highest BCUT2D eigenvalue weighted by molar-refractivity contribution is 5.73. The zero-order valence-corrected chi connectivity index (χ0v) is 56.5. The molecule has 14 heteroatoms. The molecule has 14 nitrogen and oxygen atoms in total. The van der Waals surface area contributed by atoms with Gasteiger partial charge in [0.1, 0.15) is 42.7 Å². The number of unbranched alkanes of at least 4 members (excludes halogenated alkanes) is 27. The van der Waals surface area contributed by atoms with Crippen LogP contribution in [0.2, 0.25) is 0 Å². The zero-order valence-electron chi connectivity index (χ0n) is 56.5. The second-order valence-electron chi connectivity index (χ2n) is 25.8. The van der Waals surface area contributed by atoms with Gasteiger partial charge >= 0.3 is 17.9 Å². The Bertz CT molecular complexity index is 1840. The molecule has 0 spiro atoms. The van der Waals surface area contributed by atoms with Crippen LogP contribution < -0.4 is 0 Å². The molecule has 1 aromatic carbocycles. The first kappa shape index (κ1) is 76.8. The van der Waals surface area contributed by atoms with Crippen LogP contribution in [-0.2, 0) is 66.5 Å². The van der Waals surface area contributed by atoms with Crippen LogP contribution in [0.5, 0.6) is 0 Å². The van der Waals surface area contributed by atoms with Crippen LogP contribution in [0.1, 0.15) is 311 Å². The molecule has 87 heavy (non-hydrogen) atoms. The van der Waals surface area contributed by atoms with Crippen molar-refractivity contribution in [2.24, 2.45) is 11.8 Å². The average Bonchev–Trinajstić information content (AvgIpc) is 1.24. The van der Waals surface area contributed by atoms with Gasteiger partial charge in [0.05, 0.1) is 32.2 Å². The van der Waals surface area contributed by atoms with Crippen molar-refractivity contribution in [1.82, 2.24) is 0 Å². The van der Waals surface area contributed by atoms with Crippen LogP contribution in [0, 0.1) is 11.8 Å². The minimum atomic E-state index is -0.891. The minimum Gasteiger partial charge on any atom is -0.462 e. The van der Waals surface area contributed by atoms with Gasteiger partial charge in [-0.15, -0.1) is 0 Å². The molecule has 0 bridgehead atoms. The standard InChI is InChI=1S/C73H128O14/c1-9-15-21-24-27-30-33-36-42-47-60(77-50-18-12-4)53-65(75)85-67-57(7)71(79-52-20-14-6)83-62(69(67)78-51-19-13-5)55-80-72-58(8)68(70-63(84-72)56-81-73(87-70)59-45-40-39-41-46-59)86-66(76)54-61(48-43-37-34-31-28-25-22-16-10-2)82-64(74)49-44-38-35-32-29-26-23-17-11-3/h39-41,45-46,57-58,60-63,67-73H,9-38,42-44,47-56H2,1-8H3/t57?,58-,60+,61+,62?,63?,67+,68?,69+,70+,71-,72+,73?/m0/s1. The highest BCUT2D eigenvalue weighted by atomic mass is 16.8. The Labute approximate surface area is 530 Å². The van der Waals surface area contributed by atoms with Crippen molar-refractivity contribution in [2.45, 2.75) is 367 Å². The summed E-state index contributed by atoms with van der Waals surface area (Å²) in [6.07, 6.45) is 31.8. The van der Waals surface area contributed by atoms with Crippen molar-refractivity contribution < 1.29 is 66.5 Å². The Hall–Kier alpha value is -2.69. The highest BCUT2D eigenvalue weighted by Gasteiger charge is 2.53. The molecule has 3 fully saturated rings. The Balaban J connectivity index is 1.52. The fourth-order valence-electron chi connectivity index (χ4n) is 12.3. The summed E-state index contributed by atoms with van der Waals surface area (Å²) in [4.78, 5) is 42.3. The molecule has 1 aromatic rings. The number of ether oxygens (including phenoxy) is 11. The van der Waals surface area contributed by atoms with Gasteiger partial charge in [-0.2, -0.15) is 0 Å². The monoisotopic (exact) mass is 1230 g/mol. The van der Waals surface area contributed by atoms with Gasteiger partial charge < -0.3 is 52.1 Å². The van der Waals surface area contributed by atoms with Crippen molar-refractivity contribution in [3.05, 3.63) is 35.9 Å². The molecular formula is C73H128O14. The van der Waals surface area contributed by atoms with Crippen molar-refractivity contribution in [2.75, 3.05) is 33.0 Å². The summed E-state index contributed by atoms with van der Waals surface area (Å²) in [5.41, 5.74) is 0.842. The summed E-state index contributed by atoms with van der Waals surface area (Å²) in [6, 6.07) is 9.74. The molecular weight excluding hydrogens is 1100 g/mol. The van der Waals surface area contributed by atoms with Gasteiger partial charge in [-0.25, -0.2) is 0 Å². The maximum atomic E-state index is 14.5. The Kier molecular flexibility index (Phi) is 43.2. The van der Waals surface area contributed by atoms with E-state index < -0.39 is 73.5 Å². The fraction of sp³-hybridized carbons (Fsp3) is 0.877. The van der Waals surface area contributed by atoms with E-state index in [0.717, 1.165) is 102 Å². The summed E-state index contributed by atoms with van der Waals surface area (Å²) in [5, 5.41) is 0. The quantitative estimate of drug-likeness (QED) is 0.0345. The predicted octanol–water partition coefficient (Wildman–Crippen LogP) is 18.3. The summed E-state index contributed by atoms with van der Waals surface area (Å²) < 4.78 is 72.4. The number of benzene rings is 1. The lowest BCUT2D eigenvalue weighted by Gasteiger charge is -2.49. The number of hydrogen-bond donors (Lipinski definition) is 0. The summed E-state index contributed by atoms with van der Waals surface area (Å²) in [6.45, 7) is 18.8. The van der Waals surface area contributed by atoms with Gasteiger partial charge in [-0.3, -0.25) is 14.4 Å². The van der Waals surface area contributed by atoms with Crippen molar-refractivity contribution in [3.63, 3.8) is 0 Å². The largest absolute Gasteiger partial charge is 0.462 e. The SMILES string of the molecule is CCCCCCCCCCCC(=O)O[C@H](CCCCCCCCCCC)CC(=O)OC1[C@@H]2OC(c3ccccc3)OCC2O[C@@H](OCC2O[C@H](OCCCC)C(C)[C@@H](OC(=O)C[C@@H](CCCCCCCCCCC)OCCCC)[C@@H]2OCCCC)[C@H]1C. The second kappa shape index (κ2) is 49.0. The molecule has 0 saturated carbocycles. The van der Waals surface area contributed by atoms with Gasteiger partial charge in [0.15, 0.2) is 18.9 Å². The first-order chi connectivity index (χ1) is 42.6. The van der Waals surface area contributed by atoms with E-state index in [2.05, 4.69) is 41.5 Å². The fourth-order valence-corrected chi connectivity index (χ4v) is 12.3. The van der Waals surface area contributed by atoms with Crippen molar-refractivity contribution in [1.29, 1.82) is 0 Å². The lowest BCUT2D eigenvalue weighted by atomic mass is 9.90. The number of esters is 3. The van der Waals surface area contributed by atoms with E-state index in [1.807, 2.05) is 44.2 Å². The van der Waals surface area contributed by atoms with Gasteiger partial charge in [0.2, 0.25) is 0 Å². The number of carbonyl (C=O) groups is 3. The van der Waals surface area contributed by atoms with Gasteiger partial charge in [0, 0.05) is 43.6 Å². The maximum absolute atomic E-state index is 14.5. The number of fused-ring (bicyclic) bond motifs is 1. The molecule has 504 valence electrons. The molecule has 0 amide bonds. The minimum absolute atomic E-state index is 0.00367. The van der Waals surface area contributed by atoms with Crippen LogP contribution in [0.15, 0.2) is 30.3 Å². The lowest BCUT2D eigenvalue weighted by Crippen LogP contribution is -2.61. The average molecular weight is 1230 g/mol. The molecule has 0 N–H and O–H groups in total. The Morgan fingerprint density at radius 2 is 0.920 bits per heavy atom. The van der Waals surface area contributed by atoms with Crippen LogP contribution in [0.4, 0.5) is 0 Å². The molecule has 5 unspecified atom stereocenters. The van der Waals surface area contributed by atoms with E-state index in [-0.39, 0.29) is 50.0 Å². The van der Waals surface area contributed by atoms with Crippen LogP contribution in [-0.4, -0.2) is 112 Å². The first-order valence-electron chi connectivity index (χ1n) is 36.2. The topological polar surface area (TPSA) is 153 Å². The predicted molar refractivity (Wildman–Crippen MR) is 346 cm³/mol. The number of rotatable bonds is 53. The molecule has 3 saturated heterocycles. The number of carbonyl (C=O) groups excluding carboxylic acids is 3. The van der Waals surface area contributed by atoms with Gasteiger partial charge in [0.25, 0.3) is 0 Å². The van der Waals surface area contributed by atoms with Crippen molar-refractivity contribution >= 4 is 17.9 Å². The molecule has 3 heterocycles. The van der Waals surface area contributed by atoms with Gasteiger partial charge in [-0.05, 0) is 44.9 Å². The van der Waals surface area contributed by atoms with E-state index in [0.29, 0.717) is 32.7 Å². The normalized spacial score (nSPS) is 24.5. The zero-order chi connectivity index (χ0) is 62.5. The second-order valence-corrected chi connectivity index (χ2v) is 25.8. The Morgan fingerprint density at radius 1 is 0.460 bits per heavy atom.